The lowest BCUT2D eigenvalue weighted by Gasteiger charge is -2.21. The van der Waals surface area contributed by atoms with E-state index >= 15 is 0 Å². The van der Waals surface area contributed by atoms with Gasteiger partial charge in [-0.05, 0) is 36.4 Å². The smallest absolute Gasteiger partial charge is 0.338 e. The number of primary amides is 1. The standard InChI is InChI=1S/C19H18N2O7/c1-25-14-8-12(9-15-17(14)27-7-6-26-15)19(24)28-10-16(22)21-13-4-2-11(3-5-13)18(20)23/h2-5,8-9H,6-7,10H2,1H3,(H2,20,23)(H,21,22). The summed E-state index contributed by atoms with van der Waals surface area (Å²) in [6.07, 6.45) is 0. The van der Waals surface area contributed by atoms with Crippen molar-refractivity contribution >= 4 is 23.5 Å². The molecule has 9 heteroatoms. The highest BCUT2D eigenvalue weighted by Crippen LogP contribution is 2.40. The minimum atomic E-state index is -0.713. The van der Waals surface area contributed by atoms with Gasteiger partial charge in [0, 0.05) is 11.3 Å². The van der Waals surface area contributed by atoms with Gasteiger partial charge < -0.3 is 30.0 Å². The van der Waals surface area contributed by atoms with Crippen molar-refractivity contribution in [3.8, 4) is 17.2 Å². The number of hydrogen-bond acceptors (Lipinski definition) is 7. The van der Waals surface area contributed by atoms with E-state index in [2.05, 4.69) is 5.32 Å². The Bertz CT molecular complexity index is 892. The number of fused-ring (bicyclic) bond motifs is 1. The van der Waals surface area contributed by atoms with E-state index < -0.39 is 24.4 Å². The van der Waals surface area contributed by atoms with Crippen LogP contribution >= 0.6 is 0 Å². The maximum atomic E-state index is 12.3. The number of amides is 2. The molecule has 2 amide bonds. The number of hydrogen-bond donors (Lipinski definition) is 2. The first-order valence-corrected chi connectivity index (χ1v) is 8.32. The van der Waals surface area contributed by atoms with E-state index in [1.807, 2.05) is 0 Å². The summed E-state index contributed by atoms with van der Waals surface area (Å²) in [7, 11) is 1.44. The fourth-order valence-electron chi connectivity index (χ4n) is 2.52. The van der Waals surface area contributed by atoms with E-state index in [1.54, 1.807) is 0 Å². The molecule has 1 aliphatic heterocycles. The topological polar surface area (TPSA) is 126 Å². The number of nitrogens with two attached hydrogens (primary N) is 1. The summed E-state index contributed by atoms with van der Waals surface area (Å²) in [4.78, 5) is 35.3. The Labute approximate surface area is 160 Å². The van der Waals surface area contributed by atoms with Crippen LogP contribution < -0.4 is 25.3 Å². The SMILES string of the molecule is COc1cc(C(=O)OCC(=O)Nc2ccc(C(N)=O)cc2)cc2c1OCCO2. The summed E-state index contributed by atoms with van der Waals surface area (Å²) in [5.41, 5.74) is 6.08. The number of rotatable bonds is 6. The first-order chi connectivity index (χ1) is 13.5. The normalized spacial score (nSPS) is 12.0. The number of benzene rings is 2. The number of ether oxygens (including phenoxy) is 4. The van der Waals surface area contributed by atoms with Crippen molar-refractivity contribution in [2.75, 3.05) is 32.2 Å². The number of anilines is 1. The van der Waals surface area contributed by atoms with Gasteiger partial charge in [-0.3, -0.25) is 9.59 Å². The molecule has 0 atom stereocenters. The summed E-state index contributed by atoms with van der Waals surface area (Å²) in [6, 6.07) is 8.92. The van der Waals surface area contributed by atoms with Gasteiger partial charge in [-0.1, -0.05) is 0 Å². The first-order valence-electron chi connectivity index (χ1n) is 8.32. The van der Waals surface area contributed by atoms with Crippen LogP contribution in [-0.2, 0) is 9.53 Å². The van der Waals surface area contributed by atoms with E-state index in [-0.39, 0.29) is 5.56 Å². The largest absolute Gasteiger partial charge is 0.493 e. The maximum absolute atomic E-state index is 12.3. The Morgan fingerprint density at radius 2 is 1.79 bits per heavy atom. The molecule has 2 aromatic rings. The highest BCUT2D eigenvalue weighted by atomic mass is 16.6. The number of methoxy groups -OCH3 is 1. The van der Waals surface area contributed by atoms with Crippen molar-refractivity contribution in [2.24, 2.45) is 5.73 Å². The van der Waals surface area contributed by atoms with Crippen LogP contribution in [0.15, 0.2) is 36.4 Å². The second kappa shape index (κ2) is 8.30. The summed E-state index contributed by atoms with van der Waals surface area (Å²) in [5, 5.41) is 2.55. The Hall–Kier alpha value is -3.75. The minimum Gasteiger partial charge on any atom is -0.493 e. The van der Waals surface area contributed by atoms with E-state index in [1.165, 1.54) is 43.5 Å². The fourth-order valence-corrected chi connectivity index (χ4v) is 2.52. The molecule has 0 aliphatic carbocycles. The summed E-state index contributed by atoms with van der Waals surface area (Å²) < 4.78 is 21.2. The molecule has 0 saturated carbocycles. The molecule has 0 aromatic heterocycles. The Morgan fingerprint density at radius 3 is 2.46 bits per heavy atom. The molecule has 0 radical (unpaired) electrons. The van der Waals surface area contributed by atoms with Crippen LogP contribution in [0.5, 0.6) is 17.2 Å². The van der Waals surface area contributed by atoms with Crippen LogP contribution in [0.1, 0.15) is 20.7 Å². The van der Waals surface area contributed by atoms with Crippen LogP contribution in [0, 0.1) is 0 Å². The quantitative estimate of drug-likeness (QED) is 0.718. The summed E-state index contributed by atoms with van der Waals surface area (Å²) in [6.45, 7) is 0.243. The average molecular weight is 386 g/mol. The van der Waals surface area contributed by atoms with Gasteiger partial charge in [0.25, 0.3) is 5.91 Å². The molecule has 0 bridgehead atoms. The zero-order valence-electron chi connectivity index (χ0n) is 15.0. The van der Waals surface area contributed by atoms with Gasteiger partial charge in [0.15, 0.2) is 18.1 Å². The van der Waals surface area contributed by atoms with Gasteiger partial charge in [-0.2, -0.15) is 0 Å². The fraction of sp³-hybridized carbons (Fsp3) is 0.211. The van der Waals surface area contributed by atoms with Crippen LogP contribution in [0.4, 0.5) is 5.69 Å². The molecule has 9 nitrogen and oxygen atoms in total. The second-order valence-corrected chi connectivity index (χ2v) is 5.77. The van der Waals surface area contributed by atoms with Crippen molar-refractivity contribution < 1.29 is 33.3 Å². The Kier molecular flexibility index (Phi) is 5.64. The molecule has 1 heterocycles. The van der Waals surface area contributed by atoms with E-state index in [0.717, 1.165) is 0 Å². The molecule has 0 unspecified atom stereocenters. The van der Waals surface area contributed by atoms with Crippen molar-refractivity contribution in [3.63, 3.8) is 0 Å². The number of nitrogens with one attached hydrogen (secondary N) is 1. The van der Waals surface area contributed by atoms with Gasteiger partial charge in [0.2, 0.25) is 11.7 Å². The molecular formula is C19H18N2O7. The van der Waals surface area contributed by atoms with Crippen LogP contribution in [0.25, 0.3) is 0 Å². The lowest BCUT2D eigenvalue weighted by Crippen LogP contribution is -2.21. The summed E-state index contributed by atoms with van der Waals surface area (Å²) in [5.74, 6) is -0.692. The maximum Gasteiger partial charge on any atom is 0.338 e. The third-order valence-electron chi connectivity index (χ3n) is 3.85. The van der Waals surface area contributed by atoms with Crippen molar-refractivity contribution in [1.29, 1.82) is 0 Å². The zero-order valence-corrected chi connectivity index (χ0v) is 15.0. The molecule has 0 spiro atoms. The zero-order chi connectivity index (χ0) is 20.1. The predicted octanol–water partition coefficient (Wildman–Crippen LogP) is 1.36. The van der Waals surface area contributed by atoms with Crippen LogP contribution in [0.3, 0.4) is 0 Å². The lowest BCUT2D eigenvalue weighted by molar-refractivity contribution is -0.119. The van der Waals surface area contributed by atoms with Gasteiger partial charge >= 0.3 is 5.97 Å². The highest BCUT2D eigenvalue weighted by molar-refractivity contribution is 5.97. The molecule has 3 N–H and O–H groups in total. The molecule has 1 aliphatic rings. The Morgan fingerprint density at radius 1 is 1.07 bits per heavy atom. The second-order valence-electron chi connectivity index (χ2n) is 5.77. The van der Waals surface area contributed by atoms with Gasteiger partial charge in [0.1, 0.15) is 13.2 Å². The van der Waals surface area contributed by atoms with Crippen molar-refractivity contribution in [1.82, 2.24) is 0 Å². The number of esters is 1. The molecule has 0 fully saturated rings. The highest BCUT2D eigenvalue weighted by Gasteiger charge is 2.22. The van der Waals surface area contributed by atoms with Gasteiger partial charge in [-0.15, -0.1) is 0 Å². The molecule has 2 aromatic carbocycles. The third kappa shape index (κ3) is 4.32. The third-order valence-corrected chi connectivity index (χ3v) is 3.85. The molecular weight excluding hydrogens is 368 g/mol. The van der Waals surface area contributed by atoms with Gasteiger partial charge in [-0.25, -0.2) is 4.79 Å². The minimum absolute atomic E-state index is 0.166. The van der Waals surface area contributed by atoms with Crippen molar-refractivity contribution in [3.05, 3.63) is 47.5 Å². The lowest BCUT2D eigenvalue weighted by atomic mass is 10.1. The predicted molar refractivity (Wildman–Crippen MR) is 97.9 cm³/mol. The average Bonchev–Trinajstić information content (AvgIpc) is 2.71. The van der Waals surface area contributed by atoms with Crippen LogP contribution in [-0.4, -0.2) is 44.7 Å². The molecule has 28 heavy (non-hydrogen) atoms. The van der Waals surface area contributed by atoms with Gasteiger partial charge in [0.05, 0.1) is 12.7 Å². The van der Waals surface area contributed by atoms with Crippen LogP contribution in [0.2, 0.25) is 0 Å². The van der Waals surface area contributed by atoms with E-state index in [9.17, 15) is 14.4 Å². The van der Waals surface area contributed by atoms with E-state index in [0.29, 0.717) is 41.7 Å². The van der Waals surface area contributed by atoms with Crippen molar-refractivity contribution in [2.45, 2.75) is 0 Å². The molecule has 3 rings (SSSR count). The molecule has 0 saturated heterocycles. The first kappa shape index (κ1) is 19.0. The monoisotopic (exact) mass is 386 g/mol. The van der Waals surface area contributed by atoms with E-state index in [4.69, 9.17) is 24.7 Å². The summed E-state index contributed by atoms with van der Waals surface area (Å²) >= 11 is 0. The number of carbonyl (C=O) groups excluding carboxylic acids is 3. The number of carbonyl (C=O) groups is 3. The Balaban J connectivity index is 1.60. The molecule has 146 valence electrons.